The lowest BCUT2D eigenvalue weighted by molar-refractivity contribution is 0.0929. The second-order valence-electron chi connectivity index (χ2n) is 6.07. The van der Waals surface area contributed by atoms with Gasteiger partial charge in [0.2, 0.25) is 0 Å². The summed E-state index contributed by atoms with van der Waals surface area (Å²) in [5, 5.41) is 3.04. The molecule has 1 atom stereocenters. The minimum atomic E-state index is -0.123. The summed E-state index contributed by atoms with van der Waals surface area (Å²) in [7, 11) is 0. The van der Waals surface area contributed by atoms with Gasteiger partial charge in [0.25, 0.3) is 5.91 Å². The maximum absolute atomic E-state index is 12.6. The van der Waals surface area contributed by atoms with E-state index in [0.717, 1.165) is 22.9 Å². The predicted octanol–water partition coefficient (Wildman–Crippen LogP) is 3.50. The van der Waals surface area contributed by atoms with Gasteiger partial charge in [-0.3, -0.25) is 4.79 Å². The van der Waals surface area contributed by atoms with E-state index in [-0.39, 0.29) is 11.9 Å². The Hall–Kier alpha value is -1.85. The third kappa shape index (κ3) is 4.36. The fourth-order valence-corrected chi connectivity index (χ4v) is 3.13. The number of hydrogen-bond acceptors (Lipinski definition) is 3. The quantitative estimate of drug-likeness (QED) is 0.762. The average Bonchev–Trinajstić information content (AvgIpc) is 3.43. The number of para-hydroxylation sites is 1. The summed E-state index contributed by atoms with van der Waals surface area (Å²) < 4.78 is 6.88. The fraction of sp³-hybridized carbons (Fsp3) is 0.316. The molecule has 126 valence electrons. The van der Waals surface area contributed by atoms with Gasteiger partial charge < -0.3 is 15.8 Å². The number of nitrogens with two attached hydrogens (primary N) is 1. The minimum Gasteiger partial charge on any atom is -0.488 e. The van der Waals surface area contributed by atoms with Gasteiger partial charge in [0.15, 0.2) is 0 Å². The van der Waals surface area contributed by atoms with Crippen LogP contribution in [0.2, 0.25) is 0 Å². The van der Waals surface area contributed by atoms with E-state index in [1.165, 1.54) is 0 Å². The van der Waals surface area contributed by atoms with Gasteiger partial charge in [-0.2, -0.15) is 0 Å². The molecular formula is C19H21BrN2O2. The molecule has 2 aromatic carbocycles. The SMILES string of the molecule is NCC(NC(=O)c1ccccc1OCc1cccc(Br)c1)C1CC1. The van der Waals surface area contributed by atoms with E-state index < -0.39 is 0 Å². The molecule has 0 aliphatic heterocycles. The van der Waals surface area contributed by atoms with Crippen LogP contribution in [0.5, 0.6) is 5.75 Å². The third-order valence-electron chi connectivity index (χ3n) is 4.18. The molecule has 0 spiro atoms. The summed E-state index contributed by atoms with van der Waals surface area (Å²) >= 11 is 3.45. The molecule has 3 N–H and O–H groups in total. The molecule has 0 aromatic heterocycles. The van der Waals surface area contributed by atoms with Crippen molar-refractivity contribution in [1.29, 1.82) is 0 Å². The van der Waals surface area contributed by atoms with Crippen molar-refractivity contribution < 1.29 is 9.53 Å². The van der Waals surface area contributed by atoms with Gasteiger partial charge in [0.05, 0.1) is 5.56 Å². The Labute approximate surface area is 150 Å². The Balaban J connectivity index is 1.69. The number of carbonyl (C=O) groups excluding carboxylic acids is 1. The monoisotopic (exact) mass is 388 g/mol. The molecule has 1 unspecified atom stereocenters. The predicted molar refractivity (Wildman–Crippen MR) is 97.9 cm³/mol. The zero-order valence-corrected chi connectivity index (χ0v) is 15.0. The minimum absolute atomic E-state index is 0.0515. The maximum Gasteiger partial charge on any atom is 0.255 e. The van der Waals surface area contributed by atoms with Crippen molar-refractivity contribution in [3.63, 3.8) is 0 Å². The van der Waals surface area contributed by atoms with Crippen molar-refractivity contribution in [2.24, 2.45) is 11.7 Å². The first kappa shape index (κ1) is 17.0. The standard InChI is InChI=1S/C19H21BrN2O2/c20-15-5-3-4-13(10-15)12-24-18-7-2-1-6-16(18)19(23)22-17(11-21)14-8-9-14/h1-7,10,14,17H,8-9,11-12,21H2,(H,22,23). The Morgan fingerprint density at radius 3 is 2.75 bits per heavy atom. The molecule has 3 rings (SSSR count). The number of halogens is 1. The van der Waals surface area contributed by atoms with Gasteiger partial charge >= 0.3 is 0 Å². The first-order valence-corrected chi connectivity index (χ1v) is 8.94. The molecule has 1 aliphatic carbocycles. The van der Waals surface area contributed by atoms with Gasteiger partial charge in [0, 0.05) is 17.1 Å². The maximum atomic E-state index is 12.6. The summed E-state index contributed by atoms with van der Waals surface area (Å²) in [4.78, 5) is 12.6. The van der Waals surface area contributed by atoms with Crippen molar-refractivity contribution in [3.05, 3.63) is 64.1 Å². The molecule has 0 heterocycles. The van der Waals surface area contributed by atoms with Gasteiger partial charge in [-0.1, -0.05) is 40.2 Å². The molecule has 0 radical (unpaired) electrons. The number of ether oxygens (including phenoxy) is 1. The van der Waals surface area contributed by atoms with Crippen molar-refractivity contribution in [2.75, 3.05) is 6.54 Å². The Morgan fingerprint density at radius 1 is 1.25 bits per heavy atom. The van der Waals surface area contributed by atoms with E-state index >= 15 is 0 Å². The molecule has 0 bridgehead atoms. The van der Waals surface area contributed by atoms with Gasteiger partial charge in [-0.15, -0.1) is 0 Å². The molecule has 0 saturated heterocycles. The smallest absolute Gasteiger partial charge is 0.255 e. The van der Waals surface area contributed by atoms with E-state index in [1.807, 2.05) is 42.5 Å². The second kappa shape index (κ2) is 7.81. The Morgan fingerprint density at radius 2 is 2.04 bits per heavy atom. The number of nitrogens with one attached hydrogen (secondary N) is 1. The molecule has 1 fully saturated rings. The van der Waals surface area contributed by atoms with Gasteiger partial charge in [0.1, 0.15) is 12.4 Å². The molecular weight excluding hydrogens is 368 g/mol. The summed E-state index contributed by atoms with van der Waals surface area (Å²) in [6.07, 6.45) is 2.28. The topological polar surface area (TPSA) is 64.3 Å². The van der Waals surface area contributed by atoms with Crippen LogP contribution >= 0.6 is 15.9 Å². The molecule has 1 amide bonds. The first-order valence-electron chi connectivity index (χ1n) is 8.14. The summed E-state index contributed by atoms with van der Waals surface area (Å²) in [6, 6.07) is 15.3. The van der Waals surface area contributed by atoms with Gasteiger partial charge in [-0.25, -0.2) is 0 Å². The normalized spacial score (nSPS) is 14.9. The number of benzene rings is 2. The van der Waals surface area contributed by atoms with Crippen molar-refractivity contribution in [3.8, 4) is 5.75 Å². The second-order valence-corrected chi connectivity index (χ2v) is 6.98. The van der Waals surface area contributed by atoms with E-state index in [1.54, 1.807) is 6.07 Å². The summed E-state index contributed by atoms with van der Waals surface area (Å²) in [5.41, 5.74) is 7.36. The molecule has 24 heavy (non-hydrogen) atoms. The zero-order valence-electron chi connectivity index (χ0n) is 13.4. The third-order valence-corrected chi connectivity index (χ3v) is 4.67. The van der Waals surface area contributed by atoms with Crippen LogP contribution in [-0.4, -0.2) is 18.5 Å². The highest BCUT2D eigenvalue weighted by Gasteiger charge is 2.31. The first-order chi connectivity index (χ1) is 11.7. The van der Waals surface area contributed by atoms with Crippen LogP contribution in [0.4, 0.5) is 0 Å². The van der Waals surface area contributed by atoms with Gasteiger partial charge in [-0.05, 0) is 48.6 Å². The van der Waals surface area contributed by atoms with E-state index in [4.69, 9.17) is 10.5 Å². The van der Waals surface area contributed by atoms with E-state index in [2.05, 4.69) is 21.2 Å². The van der Waals surface area contributed by atoms with Crippen LogP contribution in [0, 0.1) is 5.92 Å². The van der Waals surface area contributed by atoms with Crippen molar-refractivity contribution in [1.82, 2.24) is 5.32 Å². The van der Waals surface area contributed by atoms with Crippen molar-refractivity contribution in [2.45, 2.75) is 25.5 Å². The summed E-state index contributed by atoms with van der Waals surface area (Å²) in [6.45, 7) is 0.879. The Kier molecular flexibility index (Phi) is 5.53. The Bertz CT molecular complexity index is 716. The summed E-state index contributed by atoms with van der Waals surface area (Å²) in [5.74, 6) is 0.984. The lowest BCUT2D eigenvalue weighted by Crippen LogP contribution is -2.41. The number of carbonyl (C=O) groups is 1. The van der Waals surface area contributed by atoms with Crippen LogP contribution in [0.15, 0.2) is 53.0 Å². The lowest BCUT2D eigenvalue weighted by Gasteiger charge is -2.17. The van der Waals surface area contributed by atoms with Crippen LogP contribution in [0.1, 0.15) is 28.8 Å². The number of amides is 1. The van der Waals surface area contributed by atoms with Crippen LogP contribution < -0.4 is 15.8 Å². The van der Waals surface area contributed by atoms with Crippen LogP contribution in [-0.2, 0) is 6.61 Å². The lowest BCUT2D eigenvalue weighted by atomic mass is 10.1. The van der Waals surface area contributed by atoms with Crippen molar-refractivity contribution >= 4 is 21.8 Å². The highest BCUT2D eigenvalue weighted by molar-refractivity contribution is 9.10. The van der Waals surface area contributed by atoms with E-state index in [9.17, 15) is 4.79 Å². The molecule has 1 aliphatic rings. The highest BCUT2D eigenvalue weighted by atomic mass is 79.9. The fourth-order valence-electron chi connectivity index (χ4n) is 2.68. The molecule has 4 nitrogen and oxygen atoms in total. The molecule has 2 aromatic rings. The molecule has 1 saturated carbocycles. The van der Waals surface area contributed by atoms with Crippen LogP contribution in [0.3, 0.4) is 0 Å². The number of rotatable bonds is 7. The zero-order chi connectivity index (χ0) is 16.9. The molecule has 5 heteroatoms. The highest BCUT2D eigenvalue weighted by Crippen LogP contribution is 2.32. The average molecular weight is 389 g/mol. The largest absolute Gasteiger partial charge is 0.488 e. The van der Waals surface area contributed by atoms with E-state index in [0.29, 0.717) is 30.4 Å². The van der Waals surface area contributed by atoms with Crippen LogP contribution in [0.25, 0.3) is 0 Å². The number of hydrogen-bond donors (Lipinski definition) is 2.